The SMILES string of the molecule is COC(=O)[C@H]1CC[C@H](NC(=O)c2csc(-c3ccc4c(n3)-c3csc(n3)-c3csc(n3)[C@@H]3[C@@H](C)[C@@H](O)CN3C(=O)[C@H](Cc3ccc(OCC(=O)OC(C)(C)C)cc3)NC(=O)c3csc(n3)[C@H]([C@H](O)c3ccccc3)NC(=O)c3nc(sc3C)[C@H](CC(N)=O)NC(=O)c3csc-4n3)n2)CC1. The number of carbonyl (C=O) groups excluding carboxylic acids is 8. The van der Waals surface area contributed by atoms with Crippen LogP contribution in [0.5, 0.6) is 5.75 Å². The first kappa shape index (κ1) is 69.7. The number of nitrogens with two attached hydrogens (primary N) is 1. The molecule has 0 radical (unpaired) electrons. The van der Waals surface area contributed by atoms with Crippen LogP contribution in [0.3, 0.4) is 0 Å². The lowest BCUT2D eigenvalue weighted by Crippen LogP contribution is -2.50. The summed E-state index contributed by atoms with van der Waals surface area (Å²) in [6.07, 6.45) is -0.566. The molecule has 7 atom stereocenters. The van der Waals surface area contributed by atoms with Gasteiger partial charge in [-0.05, 0) is 88.8 Å². The van der Waals surface area contributed by atoms with E-state index < -0.39 is 89.8 Å². The van der Waals surface area contributed by atoms with Gasteiger partial charge in [-0.25, -0.2) is 39.7 Å². The molecule has 10 bridgehead atoms. The van der Waals surface area contributed by atoms with Crippen molar-refractivity contribution >= 4 is 115 Å². The van der Waals surface area contributed by atoms with Gasteiger partial charge in [-0.1, -0.05) is 49.4 Å². The second-order valence-electron chi connectivity index (χ2n) is 25.0. The number of primary amides is 1. The van der Waals surface area contributed by atoms with Crippen LogP contribution in [0.25, 0.3) is 43.4 Å². The number of aliphatic hydroxyl groups is 2. The van der Waals surface area contributed by atoms with Crippen molar-refractivity contribution in [1.82, 2.24) is 61.1 Å². The van der Waals surface area contributed by atoms with Crippen LogP contribution in [0.2, 0.25) is 0 Å². The first-order valence-electron chi connectivity index (χ1n) is 31.5. The molecule has 9 aromatic rings. The highest BCUT2D eigenvalue weighted by atomic mass is 32.1. The Morgan fingerprint density at radius 3 is 2.07 bits per heavy atom. The van der Waals surface area contributed by atoms with Crippen LogP contribution < -0.4 is 31.7 Å². The number of aromatic nitrogens is 7. The van der Waals surface area contributed by atoms with Gasteiger partial charge in [0.1, 0.15) is 99.4 Å². The van der Waals surface area contributed by atoms with Crippen LogP contribution in [-0.4, -0.2) is 141 Å². The maximum atomic E-state index is 15.5. The molecule has 12 rings (SSSR count). The van der Waals surface area contributed by atoms with Crippen LogP contribution in [0.1, 0.15) is 157 Å². The van der Waals surface area contributed by atoms with Gasteiger partial charge >= 0.3 is 11.9 Å². The van der Waals surface area contributed by atoms with Crippen molar-refractivity contribution in [3.05, 3.63) is 147 Å². The highest BCUT2D eigenvalue weighted by Crippen LogP contribution is 2.43. The van der Waals surface area contributed by atoms with Crippen LogP contribution in [0.15, 0.2) is 93.6 Å². The summed E-state index contributed by atoms with van der Waals surface area (Å²) in [5.41, 5.74) is 7.99. The number of esters is 2. The fourth-order valence-electron chi connectivity index (χ4n) is 11.8. The second kappa shape index (κ2) is 29.7. The molecule has 1 aliphatic carbocycles. The van der Waals surface area contributed by atoms with E-state index in [1.54, 1.807) is 116 Å². The van der Waals surface area contributed by atoms with Crippen LogP contribution >= 0.6 is 68.0 Å². The predicted octanol–water partition coefficient (Wildman–Crippen LogP) is 8.77. The Balaban J connectivity index is 0.915. The van der Waals surface area contributed by atoms with E-state index in [-0.39, 0.29) is 76.2 Å². The molecule has 99 heavy (non-hydrogen) atoms. The maximum absolute atomic E-state index is 15.5. The molecule has 6 amide bonds. The number of ether oxygens (including phenoxy) is 3. The summed E-state index contributed by atoms with van der Waals surface area (Å²) in [6, 6.07) is 13.9. The van der Waals surface area contributed by atoms with E-state index >= 15 is 4.79 Å². The van der Waals surface area contributed by atoms with Crippen molar-refractivity contribution in [3.8, 4) is 49.1 Å². The van der Waals surface area contributed by atoms with Crippen LogP contribution in [-0.2, 0) is 35.1 Å². The lowest BCUT2D eigenvalue weighted by molar-refractivity contribution is -0.157. The number of fused-ring (bicyclic) bond motifs is 16. The smallest absolute Gasteiger partial charge is 0.344 e. The molecule has 1 saturated carbocycles. The third-order valence-corrected chi connectivity index (χ3v) is 22.3. The zero-order valence-electron chi connectivity index (χ0n) is 54.1. The minimum absolute atomic E-state index is 0.0325. The van der Waals surface area contributed by atoms with Crippen molar-refractivity contribution < 1.29 is 62.8 Å². The number of hydrogen-bond acceptors (Lipinski definition) is 26. The number of pyridine rings is 1. The summed E-state index contributed by atoms with van der Waals surface area (Å²) >= 11 is 6.90. The quantitative estimate of drug-likeness (QED) is 0.0530. The lowest BCUT2D eigenvalue weighted by atomic mass is 9.86. The van der Waals surface area contributed by atoms with Gasteiger partial charge in [-0.2, -0.15) is 0 Å². The summed E-state index contributed by atoms with van der Waals surface area (Å²) in [7, 11) is 1.37. The fourth-order valence-corrected chi connectivity index (χ4v) is 17.1. The maximum Gasteiger partial charge on any atom is 0.344 e. The number of carbonyl (C=O) groups is 8. The van der Waals surface area contributed by atoms with Gasteiger partial charge in [0, 0.05) is 62.3 Å². The molecule has 2 fully saturated rings. The molecule has 1 saturated heterocycles. The third-order valence-electron chi connectivity index (χ3n) is 16.8. The summed E-state index contributed by atoms with van der Waals surface area (Å²) in [6.45, 7) is 8.21. The van der Waals surface area contributed by atoms with Gasteiger partial charge < -0.3 is 56.3 Å². The predicted molar refractivity (Wildman–Crippen MR) is 371 cm³/mol. The second-order valence-corrected chi connectivity index (χ2v) is 30.6. The number of rotatable bonds is 13. The highest BCUT2D eigenvalue weighted by molar-refractivity contribution is 7.15. The zero-order chi connectivity index (χ0) is 70.0. The highest BCUT2D eigenvalue weighted by Gasteiger charge is 2.46. The molecule has 0 unspecified atom stereocenters. The van der Waals surface area contributed by atoms with Gasteiger partial charge in [-0.3, -0.25) is 33.6 Å². The van der Waals surface area contributed by atoms with Crippen molar-refractivity contribution in [3.63, 3.8) is 0 Å². The number of benzene rings is 2. The number of nitrogens with zero attached hydrogens (tertiary/aromatic N) is 8. The van der Waals surface area contributed by atoms with Gasteiger partial charge in [0.2, 0.25) is 11.8 Å². The molecule has 26 nitrogen and oxygen atoms in total. The summed E-state index contributed by atoms with van der Waals surface area (Å²) in [4.78, 5) is 146. The summed E-state index contributed by atoms with van der Waals surface area (Å²) in [5, 5.41) is 45.7. The largest absolute Gasteiger partial charge is 0.482 e. The molecule has 3 aliphatic rings. The lowest BCUT2D eigenvalue weighted by Gasteiger charge is -2.29. The number of aryl methyl sites for hydroxylation is 1. The van der Waals surface area contributed by atoms with E-state index in [9.17, 15) is 43.8 Å². The number of methoxy groups -OCH3 is 1. The molecular weight excluding hydrogens is 1390 g/mol. The Labute approximate surface area is 590 Å². The summed E-state index contributed by atoms with van der Waals surface area (Å²) in [5.74, 6) is -5.19. The molecule has 9 heterocycles. The Morgan fingerprint density at radius 1 is 0.697 bits per heavy atom. The average Bonchev–Trinajstić information content (AvgIpc) is 1.64. The standard InChI is InChI=1S/C67H67N13O13S6/c1-31-47(81)24-80-53(31)64-77-46(30-98-64)61-73-42(26-95-61)51-38(20-21-39(70-51)60-75-43(28-96-60)55(85)69-36-16-14-35(15-17-36)66(90)91-6)59-74-44(27-94-59)56(86)71-40(23-48(68)82)62-79-50(32(2)99-62)58(88)78-52(54(84)34-10-8-7-9-11-34)63-76-45(29-97-63)57(87)72-41(65(80)89)22-33-12-18-37(19-13-33)92-25-49(83)93-67(3,4)5/h7-13,18-21,26-31,35-36,40-41,47,52-54,81,84H,14-17,22-25H2,1-6H3,(H2,68,82)(H,69,85)(H,71,86)(H,72,87)(H,78,88)/t31-,35-,36-,40-,41-,47-,52-,53-,54+/m0/s1. The van der Waals surface area contributed by atoms with Gasteiger partial charge in [-0.15, -0.1) is 68.0 Å². The molecule has 8 N–H and O–H groups in total. The van der Waals surface area contributed by atoms with Crippen molar-refractivity contribution in [2.75, 3.05) is 20.3 Å². The van der Waals surface area contributed by atoms with E-state index in [4.69, 9.17) is 44.9 Å². The van der Waals surface area contributed by atoms with Crippen molar-refractivity contribution in [2.45, 2.75) is 121 Å². The average molecular weight is 1450 g/mol. The van der Waals surface area contributed by atoms with E-state index in [1.807, 2.05) is 6.92 Å². The number of hydrogen-bond donors (Lipinski definition) is 7. The third kappa shape index (κ3) is 16.0. The molecule has 32 heteroatoms. The van der Waals surface area contributed by atoms with Gasteiger partial charge in [0.25, 0.3) is 23.6 Å². The Morgan fingerprint density at radius 2 is 1.34 bits per heavy atom. The number of nitrogens with one attached hydrogen (secondary N) is 4. The summed E-state index contributed by atoms with van der Waals surface area (Å²) < 4.78 is 16.1. The van der Waals surface area contributed by atoms with Crippen LogP contribution in [0.4, 0.5) is 0 Å². The molecule has 514 valence electrons. The Kier molecular flexibility index (Phi) is 20.9. The van der Waals surface area contributed by atoms with Crippen molar-refractivity contribution in [2.24, 2.45) is 17.6 Å². The minimum Gasteiger partial charge on any atom is -0.482 e. The molecule has 7 aromatic heterocycles. The topological polar surface area (TPSA) is 372 Å². The van der Waals surface area contributed by atoms with E-state index in [1.165, 1.54) is 51.4 Å². The molecular formula is C67H67N13O13S6. The Bertz CT molecular complexity index is 4510. The molecule has 2 aliphatic heterocycles. The number of amides is 6. The Hall–Kier alpha value is -9.15. The monoisotopic (exact) mass is 1450 g/mol. The normalized spacial score (nSPS) is 20.9. The zero-order valence-corrected chi connectivity index (χ0v) is 59.0. The van der Waals surface area contributed by atoms with E-state index in [2.05, 4.69) is 31.2 Å². The van der Waals surface area contributed by atoms with E-state index in [0.717, 1.165) is 34.0 Å². The number of aliphatic hydroxyl groups excluding tert-OH is 2. The van der Waals surface area contributed by atoms with Gasteiger partial charge in [0.05, 0.1) is 43.3 Å². The molecule has 0 spiro atoms. The van der Waals surface area contributed by atoms with Crippen molar-refractivity contribution in [1.29, 1.82) is 0 Å². The van der Waals surface area contributed by atoms with E-state index in [0.29, 0.717) is 95.8 Å². The minimum atomic E-state index is -1.44. The van der Waals surface area contributed by atoms with Crippen LogP contribution in [0, 0.1) is 18.8 Å². The fraction of sp³-hybridized carbons (Fsp3) is 0.358. The number of thiazole rings is 6. The first-order chi connectivity index (χ1) is 47.4. The first-order valence-corrected chi connectivity index (χ1v) is 36.7. The van der Waals surface area contributed by atoms with Gasteiger partial charge in [0.15, 0.2) is 6.61 Å². The molecule has 2 aromatic carbocycles.